The number of hydrogen-bond acceptors (Lipinski definition) is 4. The molecular formula is C37H56N2O4. The monoisotopic (exact) mass is 592 g/mol. The molecule has 3 fully saturated rings. The highest BCUT2D eigenvalue weighted by atomic mass is 16.5. The van der Waals surface area contributed by atoms with Gasteiger partial charge in [0.2, 0.25) is 11.6 Å². The molecule has 4 aliphatic carbocycles. The van der Waals surface area contributed by atoms with Gasteiger partial charge in [0.1, 0.15) is 12.6 Å². The van der Waals surface area contributed by atoms with Crippen LogP contribution in [0.1, 0.15) is 124 Å². The van der Waals surface area contributed by atoms with Crippen LogP contribution >= 0.6 is 0 Å². The Kier molecular flexibility index (Phi) is 9.92. The van der Waals surface area contributed by atoms with Crippen molar-refractivity contribution in [3.63, 3.8) is 0 Å². The van der Waals surface area contributed by atoms with Gasteiger partial charge in [-0.1, -0.05) is 65.5 Å². The summed E-state index contributed by atoms with van der Waals surface area (Å²) in [4.78, 5) is 25.0. The third-order valence-corrected chi connectivity index (χ3v) is 12.5. The molecule has 0 saturated heterocycles. The topological polar surface area (TPSA) is 82.3 Å². The number of carbonyl (C=O) groups is 2. The summed E-state index contributed by atoms with van der Waals surface area (Å²) in [5.74, 6) is 4.36. The van der Waals surface area contributed by atoms with Crippen LogP contribution in [-0.4, -0.2) is 18.0 Å². The maximum absolute atomic E-state index is 12.7. The van der Waals surface area contributed by atoms with Crippen LogP contribution in [0, 0.1) is 51.5 Å². The summed E-state index contributed by atoms with van der Waals surface area (Å²) in [5.41, 5.74) is 2.71. The number of nitrogens with zero attached hydrogens (tertiary/aromatic N) is 1. The largest absolute Gasteiger partial charge is 0.618 e. The van der Waals surface area contributed by atoms with Crippen LogP contribution in [0.3, 0.4) is 0 Å². The first-order valence-corrected chi connectivity index (χ1v) is 17.3. The van der Waals surface area contributed by atoms with Crippen molar-refractivity contribution in [2.75, 3.05) is 0 Å². The third-order valence-electron chi connectivity index (χ3n) is 12.5. The lowest BCUT2D eigenvalue weighted by Crippen LogP contribution is -2.51. The number of aromatic nitrogens is 1. The second kappa shape index (κ2) is 13.3. The van der Waals surface area contributed by atoms with E-state index in [0.717, 1.165) is 59.5 Å². The van der Waals surface area contributed by atoms with Gasteiger partial charge in [-0.25, -0.2) is 0 Å². The number of nitrogens with one attached hydrogen (secondary N) is 1. The van der Waals surface area contributed by atoms with E-state index >= 15 is 0 Å². The van der Waals surface area contributed by atoms with Crippen LogP contribution in [0.4, 0.5) is 0 Å². The molecule has 1 amide bonds. The molecule has 6 nitrogen and oxygen atoms in total. The Morgan fingerprint density at radius 2 is 1.86 bits per heavy atom. The molecular weight excluding hydrogens is 536 g/mol. The Bertz CT molecular complexity index is 1180. The van der Waals surface area contributed by atoms with Crippen molar-refractivity contribution in [1.29, 1.82) is 0 Å². The van der Waals surface area contributed by atoms with Crippen molar-refractivity contribution >= 4 is 11.9 Å². The Morgan fingerprint density at radius 1 is 1.05 bits per heavy atom. The van der Waals surface area contributed by atoms with E-state index in [2.05, 4.69) is 46.0 Å². The quantitative estimate of drug-likeness (QED) is 0.124. The SMILES string of the molecule is CC(C)CCC[C@@H](C)[C@H]1CC[C@H]2[C@@H]3CC=C4C[C@@H](OC(=O)CCC(=O)NCc5cccc[n+]5[O-])CC[C@]4(C)[C@H]3CC[C@]12C. The minimum Gasteiger partial charge on any atom is -0.618 e. The standard InChI is InChI=1S/C37H56N2O4/c1-25(2)9-8-10-26(3)31-14-15-32-30-13-12-27-23-29(18-20-36(27,4)33(30)19-21-37(31,32)5)43-35(41)17-16-34(40)38-24-28-11-6-7-22-39(28)42/h6-7,11-12,22,25-26,29-33H,8-10,13-21,23-24H2,1-5H3,(H,38,40)/t26-,29+,30+,31-,32+,33+,36+,37-/m1/s1. The van der Waals surface area contributed by atoms with Gasteiger partial charge in [0.25, 0.3) is 0 Å². The maximum atomic E-state index is 12.7. The Morgan fingerprint density at radius 3 is 2.63 bits per heavy atom. The molecule has 6 heteroatoms. The number of amides is 1. The van der Waals surface area contributed by atoms with Gasteiger partial charge >= 0.3 is 5.97 Å². The van der Waals surface area contributed by atoms with Gasteiger partial charge in [-0.2, -0.15) is 4.73 Å². The molecule has 43 heavy (non-hydrogen) atoms. The van der Waals surface area contributed by atoms with E-state index in [1.165, 1.54) is 63.1 Å². The average Bonchev–Trinajstić information content (AvgIpc) is 3.33. The Balaban J connectivity index is 1.12. The fourth-order valence-corrected chi connectivity index (χ4v) is 10.1. The first kappa shape index (κ1) is 32.0. The lowest BCUT2D eigenvalue weighted by Gasteiger charge is -2.58. The van der Waals surface area contributed by atoms with Crippen molar-refractivity contribution in [1.82, 2.24) is 5.32 Å². The molecule has 1 aromatic heterocycles. The van der Waals surface area contributed by atoms with Gasteiger partial charge in [-0.05, 0) is 97.3 Å². The highest BCUT2D eigenvalue weighted by Crippen LogP contribution is 2.67. The first-order chi connectivity index (χ1) is 20.5. The number of fused-ring (bicyclic) bond motifs is 5. The number of allylic oxidation sites excluding steroid dienone is 1. The van der Waals surface area contributed by atoms with Crippen molar-refractivity contribution in [2.24, 2.45) is 46.3 Å². The summed E-state index contributed by atoms with van der Waals surface area (Å²) >= 11 is 0. The second-order valence-corrected chi connectivity index (χ2v) is 15.4. The summed E-state index contributed by atoms with van der Waals surface area (Å²) in [6.45, 7) is 12.6. The average molecular weight is 593 g/mol. The molecule has 0 radical (unpaired) electrons. The summed E-state index contributed by atoms with van der Waals surface area (Å²) in [7, 11) is 0. The van der Waals surface area contributed by atoms with Gasteiger partial charge in [-0.3, -0.25) is 9.59 Å². The van der Waals surface area contributed by atoms with E-state index < -0.39 is 0 Å². The Labute approximate surface area is 260 Å². The van der Waals surface area contributed by atoms with Crippen LogP contribution < -0.4 is 10.0 Å². The van der Waals surface area contributed by atoms with Crippen molar-refractivity contribution in [3.05, 3.63) is 46.9 Å². The summed E-state index contributed by atoms with van der Waals surface area (Å²) in [5, 5.41) is 14.5. The minimum atomic E-state index is -0.301. The van der Waals surface area contributed by atoms with E-state index in [4.69, 9.17) is 4.74 Å². The summed E-state index contributed by atoms with van der Waals surface area (Å²) < 4.78 is 6.65. The van der Waals surface area contributed by atoms with Gasteiger partial charge in [-0.15, -0.1) is 0 Å². The predicted octanol–water partition coefficient (Wildman–Crippen LogP) is 7.67. The fraction of sp³-hybridized carbons (Fsp3) is 0.757. The smallest absolute Gasteiger partial charge is 0.306 e. The molecule has 0 bridgehead atoms. The Hall–Kier alpha value is -2.37. The zero-order chi connectivity index (χ0) is 30.8. The number of esters is 1. The first-order valence-electron chi connectivity index (χ1n) is 17.3. The van der Waals surface area contributed by atoms with E-state index in [-0.39, 0.29) is 42.8 Å². The van der Waals surface area contributed by atoms with Crippen LogP contribution in [0.2, 0.25) is 0 Å². The lowest BCUT2D eigenvalue weighted by molar-refractivity contribution is -0.614. The number of rotatable bonds is 11. The van der Waals surface area contributed by atoms with Crippen LogP contribution in [0.25, 0.3) is 0 Å². The number of ether oxygens (including phenoxy) is 1. The van der Waals surface area contributed by atoms with Gasteiger partial charge in [0.15, 0.2) is 6.20 Å². The van der Waals surface area contributed by atoms with Crippen molar-refractivity contribution < 1.29 is 19.1 Å². The van der Waals surface area contributed by atoms with E-state index in [9.17, 15) is 14.8 Å². The summed E-state index contributed by atoms with van der Waals surface area (Å²) in [6, 6.07) is 5.08. The minimum absolute atomic E-state index is 0.0623. The molecule has 1 heterocycles. The van der Waals surface area contributed by atoms with Crippen LogP contribution in [-0.2, 0) is 20.9 Å². The molecule has 0 spiro atoms. The second-order valence-electron chi connectivity index (χ2n) is 15.4. The molecule has 8 atom stereocenters. The molecule has 1 aromatic rings. The number of hydrogen-bond donors (Lipinski definition) is 1. The number of pyridine rings is 1. The maximum Gasteiger partial charge on any atom is 0.306 e. The highest BCUT2D eigenvalue weighted by molar-refractivity contribution is 5.81. The fourth-order valence-electron chi connectivity index (χ4n) is 10.1. The molecule has 4 aliphatic rings. The van der Waals surface area contributed by atoms with E-state index in [1.807, 2.05) is 0 Å². The van der Waals surface area contributed by atoms with Gasteiger partial charge < -0.3 is 15.3 Å². The molecule has 3 saturated carbocycles. The molecule has 0 aliphatic heterocycles. The zero-order valence-electron chi connectivity index (χ0n) is 27.4. The molecule has 238 valence electrons. The molecule has 5 rings (SSSR count). The third kappa shape index (κ3) is 6.83. The van der Waals surface area contributed by atoms with Crippen molar-refractivity contribution in [3.8, 4) is 0 Å². The normalized spacial score (nSPS) is 34.0. The predicted molar refractivity (Wildman–Crippen MR) is 169 cm³/mol. The van der Waals surface area contributed by atoms with Crippen LogP contribution in [0.15, 0.2) is 36.0 Å². The summed E-state index contributed by atoms with van der Waals surface area (Å²) in [6.07, 6.45) is 17.7. The highest BCUT2D eigenvalue weighted by Gasteiger charge is 2.59. The molecule has 0 aromatic carbocycles. The van der Waals surface area contributed by atoms with Gasteiger partial charge in [0, 0.05) is 25.0 Å². The van der Waals surface area contributed by atoms with E-state index in [1.54, 1.807) is 18.2 Å². The zero-order valence-corrected chi connectivity index (χ0v) is 27.4. The van der Waals surface area contributed by atoms with Crippen molar-refractivity contribution in [2.45, 2.75) is 131 Å². The lowest BCUT2D eigenvalue weighted by atomic mass is 9.47. The number of carbonyl (C=O) groups excluding carboxylic acids is 2. The van der Waals surface area contributed by atoms with E-state index in [0.29, 0.717) is 11.1 Å². The van der Waals surface area contributed by atoms with Gasteiger partial charge in [0.05, 0.1) is 6.42 Å². The van der Waals surface area contributed by atoms with Crippen LogP contribution in [0.5, 0.6) is 0 Å². The molecule has 0 unspecified atom stereocenters. The molecule has 1 N–H and O–H groups in total.